The number of methoxy groups -OCH3 is 2. The van der Waals surface area contributed by atoms with Gasteiger partial charge in [-0.05, 0) is 49.1 Å². The van der Waals surface area contributed by atoms with Gasteiger partial charge in [-0.1, -0.05) is 0 Å². The molecule has 1 fully saturated rings. The van der Waals surface area contributed by atoms with E-state index in [0.717, 1.165) is 49.3 Å². The molecule has 8 nitrogen and oxygen atoms in total. The molecule has 0 unspecified atom stereocenters. The van der Waals surface area contributed by atoms with Crippen LogP contribution in [0.25, 0.3) is 10.9 Å². The van der Waals surface area contributed by atoms with Gasteiger partial charge in [-0.15, -0.1) is 0 Å². The van der Waals surface area contributed by atoms with E-state index < -0.39 is 11.7 Å². The molecule has 0 saturated carbocycles. The summed E-state index contributed by atoms with van der Waals surface area (Å²) >= 11 is 0. The Bertz CT molecular complexity index is 1150. The molecule has 2 aromatic heterocycles. The number of nitrogens with zero attached hydrogens (tertiary/aromatic N) is 4. The van der Waals surface area contributed by atoms with Crippen LogP contribution in [-0.2, 0) is 17.3 Å². The number of piperidine rings is 1. The number of ether oxygens (including phenoxy) is 2. The first-order valence-electron chi connectivity index (χ1n) is 11.0. The van der Waals surface area contributed by atoms with Crippen LogP contribution in [0.15, 0.2) is 30.5 Å². The second kappa shape index (κ2) is 9.88. The maximum Gasteiger partial charge on any atom is 0.416 e. The monoisotopic (exact) mass is 476 g/mol. The Morgan fingerprint density at radius 2 is 1.88 bits per heavy atom. The number of pyridine rings is 1. The predicted octanol–water partition coefficient (Wildman–Crippen LogP) is 3.90. The Kier molecular flexibility index (Phi) is 6.92. The van der Waals surface area contributed by atoms with Crippen LogP contribution in [0.1, 0.15) is 24.0 Å². The fourth-order valence-corrected chi connectivity index (χ4v) is 4.07. The largest absolute Gasteiger partial charge is 0.467 e. The van der Waals surface area contributed by atoms with Gasteiger partial charge in [0.05, 0.1) is 30.5 Å². The summed E-state index contributed by atoms with van der Waals surface area (Å²) in [5, 5.41) is 3.97. The first-order chi connectivity index (χ1) is 16.3. The van der Waals surface area contributed by atoms with Crippen molar-refractivity contribution in [2.45, 2.75) is 31.5 Å². The van der Waals surface area contributed by atoms with Crippen molar-refractivity contribution < 1.29 is 22.6 Å². The Hall–Kier alpha value is -3.34. The number of halogens is 3. The number of fused-ring (bicyclic) bond motifs is 1. The molecular formula is C23H27F3N6O2. The highest BCUT2D eigenvalue weighted by molar-refractivity contribution is 5.90. The van der Waals surface area contributed by atoms with Gasteiger partial charge >= 0.3 is 12.2 Å². The molecule has 0 amide bonds. The normalized spacial score (nSPS) is 15.0. The van der Waals surface area contributed by atoms with Crippen molar-refractivity contribution in [1.29, 1.82) is 0 Å². The van der Waals surface area contributed by atoms with E-state index in [1.807, 2.05) is 6.07 Å². The maximum absolute atomic E-state index is 13.1. The van der Waals surface area contributed by atoms with Crippen molar-refractivity contribution in [3.8, 4) is 6.01 Å². The Labute approximate surface area is 195 Å². The summed E-state index contributed by atoms with van der Waals surface area (Å²) in [5.41, 5.74) is 6.08. The summed E-state index contributed by atoms with van der Waals surface area (Å²) in [6.45, 7) is 1.99. The topological polar surface area (TPSA) is 98.4 Å². The van der Waals surface area contributed by atoms with Gasteiger partial charge in [-0.25, -0.2) is 4.98 Å². The third-order valence-electron chi connectivity index (χ3n) is 5.88. The molecule has 3 heterocycles. The standard InChI is InChI=1S/C23H27F3N6O2/c1-33-17-4-7-32(8-5-17)20-12-18-19(13-29-20)30-22(34-2)31-21(18)28-6-3-14-9-15(23(24,25)26)11-16(27)10-14/h9-13,17H,3-8,27H2,1-2H3,(H,28,30,31). The molecule has 34 heavy (non-hydrogen) atoms. The zero-order valence-electron chi connectivity index (χ0n) is 19.0. The number of hydrogen-bond acceptors (Lipinski definition) is 8. The van der Waals surface area contributed by atoms with Crippen molar-refractivity contribution in [3.05, 3.63) is 41.6 Å². The summed E-state index contributed by atoms with van der Waals surface area (Å²) < 4.78 is 50.0. The number of nitrogens with one attached hydrogen (secondary N) is 1. The van der Waals surface area contributed by atoms with E-state index in [1.165, 1.54) is 7.11 Å². The number of hydrogen-bond donors (Lipinski definition) is 2. The van der Waals surface area contributed by atoms with Crippen molar-refractivity contribution >= 4 is 28.2 Å². The predicted molar refractivity (Wildman–Crippen MR) is 124 cm³/mol. The molecular weight excluding hydrogens is 449 g/mol. The fraction of sp³-hybridized carbons (Fsp3) is 0.435. The smallest absolute Gasteiger partial charge is 0.416 e. The van der Waals surface area contributed by atoms with Crippen LogP contribution in [0.4, 0.5) is 30.5 Å². The van der Waals surface area contributed by atoms with Gasteiger partial charge in [0.1, 0.15) is 11.6 Å². The molecule has 0 radical (unpaired) electrons. The number of nitrogen functional groups attached to an aromatic ring is 1. The van der Waals surface area contributed by atoms with Crippen LogP contribution < -0.4 is 20.7 Å². The van der Waals surface area contributed by atoms with E-state index in [4.69, 9.17) is 15.2 Å². The van der Waals surface area contributed by atoms with Gasteiger partial charge in [-0.2, -0.15) is 23.1 Å². The molecule has 1 saturated heterocycles. The van der Waals surface area contributed by atoms with Gasteiger partial charge in [0.2, 0.25) is 0 Å². The number of benzene rings is 1. The Morgan fingerprint density at radius 1 is 1.12 bits per heavy atom. The quantitative estimate of drug-likeness (QED) is 0.496. The van der Waals surface area contributed by atoms with E-state index in [1.54, 1.807) is 19.4 Å². The van der Waals surface area contributed by atoms with Crippen molar-refractivity contribution in [1.82, 2.24) is 15.0 Å². The summed E-state index contributed by atoms with van der Waals surface area (Å²) in [5.74, 6) is 1.33. The summed E-state index contributed by atoms with van der Waals surface area (Å²) in [6.07, 6.45) is -0.359. The molecule has 4 rings (SSSR count). The fourth-order valence-electron chi connectivity index (χ4n) is 4.07. The molecule has 0 bridgehead atoms. The van der Waals surface area contributed by atoms with E-state index in [2.05, 4.69) is 25.2 Å². The molecule has 0 aliphatic carbocycles. The third kappa shape index (κ3) is 5.41. The second-order valence-corrected chi connectivity index (χ2v) is 8.18. The lowest BCUT2D eigenvalue weighted by Gasteiger charge is -2.32. The minimum absolute atomic E-state index is 0.0759. The molecule has 3 N–H and O–H groups in total. The van der Waals surface area contributed by atoms with Crippen LogP contribution in [0, 0.1) is 0 Å². The number of rotatable bonds is 7. The number of alkyl halides is 3. The Balaban J connectivity index is 1.55. The van der Waals surface area contributed by atoms with E-state index in [0.29, 0.717) is 29.9 Å². The lowest BCUT2D eigenvalue weighted by Crippen LogP contribution is -2.37. The first-order valence-corrected chi connectivity index (χ1v) is 11.0. The molecule has 0 atom stereocenters. The highest BCUT2D eigenvalue weighted by Gasteiger charge is 2.31. The lowest BCUT2D eigenvalue weighted by molar-refractivity contribution is -0.137. The third-order valence-corrected chi connectivity index (χ3v) is 5.88. The molecule has 11 heteroatoms. The van der Waals surface area contributed by atoms with Crippen molar-refractivity contribution in [2.24, 2.45) is 0 Å². The van der Waals surface area contributed by atoms with Crippen LogP contribution in [0.5, 0.6) is 6.01 Å². The summed E-state index contributed by atoms with van der Waals surface area (Å²) in [6, 6.07) is 5.69. The summed E-state index contributed by atoms with van der Waals surface area (Å²) in [7, 11) is 3.20. The van der Waals surface area contributed by atoms with Crippen LogP contribution in [-0.4, -0.2) is 54.9 Å². The average Bonchev–Trinajstić information content (AvgIpc) is 2.82. The maximum atomic E-state index is 13.1. The van der Waals surface area contributed by atoms with E-state index >= 15 is 0 Å². The van der Waals surface area contributed by atoms with Crippen molar-refractivity contribution in [3.63, 3.8) is 0 Å². The average molecular weight is 477 g/mol. The Morgan fingerprint density at radius 3 is 2.56 bits per heavy atom. The highest BCUT2D eigenvalue weighted by Crippen LogP contribution is 2.32. The summed E-state index contributed by atoms with van der Waals surface area (Å²) in [4.78, 5) is 15.5. The van der Waals surface area contributed by atoms with Crippen LogP contribution in [0.2, 0.25) is 0 Å². The van der Waals surface area contributed by atoms with Crippen molar-refractivity contribution in [2.75, 3.05) is 49.8 Å². The minimum atomic E-state index is -4.45. The van der Waals surface area contributed by atoms with Crippen LogP contribution in [0.3, 0.4) is 0 Å². The minimum Gasteiger partial charge on any atom is -0.467 e. The van der Waals surface area contributed by atoms with Gasteiger partial charge < -0.3 is 25.4 Å². The van der Waals surface area contributed by atoms with Gasteiger partial charge in [0, 0.05) is 37.8 Å². The van der Waals surface area contributed by atoms with E-state index in [9.17, 15) is 13.2 Å². The zero-order valence-corrected chi connectivity index (χ0v) is 19.0. The van der Waals surface area contributed by atoms with Gasteiger partial charge in [-0.3, -0.25) is 0 Å². The molecule has 3 aromatic rings. The SMILES string of the molecule is COc1nc(NCCc2cc(N)cc(C(F)(F)F)c2)c2cc(N3CCC(OC)CC3)ncc2n1. The first kappa shape index (κ1) is 23.8. The zero-order chi connectivity index (χ0) is 24.3. The second-order valence-electron chi connectivity index (χ2n) is 8.18. The molecule has 0 spiro atoms. The lowest BCUT2D eigenvalue weighted by atomic mass is 10.1. The molecule has 1 aromatic carbocycles. The highest BCUT2D eigenvalue weighted by atomic mass is 19.4. The molecule has 1 aliphatic rings. The van der Waals surface area contributed by atoms with Gasteiger partial charge in [0.15, 0.2) is 0 Å². The number of anilines is 3. The molecule has 182 valence electrons. The number of nitrogens with two attached hydrogens (primary N) is 1. The number of aromatic nitrogens is 3. The van der Waals surface area contributed by atoms with Crippen LogP contribution >= 0.6 is 0 Å². The molecule has 1 aliphatic heterocycles. The van der Waals surface area contributed by atoms with E-state index in [-0.39, 0.29) is 17.8 Å². The van der Waals surface area contributed by atoms with Gasteiger partial charge in [0.25, 0.3) is 0 Å².